The lowest BCUT2D eigenvalue weighted by molar-refractivity contribution is 0.331. The lowest BCUT2D eigenvalue weighted by atomic mass is 10.1. The van der Waals surface area contributed by atoms with Gasteiger partial charge < -0.3 is 10.5 Å². The van der Waals surface area contributed by atoms with Crippen LogP contribution in [-0.4, -0.2) is 6.61 Å². The van der Waals surface area contributed by atoms with Crippen molar-refractivity contribution in [3.05, 3.63) is 28.0 Å². The van der Waals surface area contributed by atoms with Gasteiger partial charge in [-0.2, -0.15) is 0 Å². The molecule has 0 bridgehead atoms. The molecule has 0 saturated heterocycles. The molecule has 0 spiro atoms. The van der Waals surface area contributed by atoms with E-state index in [0.717, 1.165) is 5.56 Å². The van der Waals surface area contributed by atoms with Gasteiger partial charge in [0.2, 0.25) is 0 Å². The van der Waals surface area contributed by atoms with Crippen LogP contribution in [0.1, 0.15) is 11.6 Å². The minimum Gasteiger partial charge on any atom is -0.490 e. The first-order valence-corrected chi connectivity index (χ1v) is 4.35. The SMILES string of the molecule is NC1COc2c(Br)cc(F)cc21. The van der Waals surface area contributed by atoms with Crippen molar-refractivity contribution >= 4 is 15.9 Å². The standard InChI is InChI=1S/C8H7BrFNO/c9-6-2-4(10)1-5-7(11)3-12-8(5)6/h1-2,7H,3,11H2. The van der Waals surface area contributed by atoms with E-state index in [1.165, 1.54) is 12.1 Å². The Kier molecular flexibility index (Phi) is 1.81. The van der Waals surface area contributed by atoms with Gasteiger partial charge in [0, 0.05) is 5.56 Å². The van der Waals surface area contributed by atoms with E-state index in [1.54, 1.807) is 0 Å². The second kappa shape index (κ2) is 2.71. The van der Waals surface area contributed by atoms with E-state index in [-0.39, 0.29) is 11.9 Å². The quantitative estimate of drug-likeness (QED) is 0.742. The second-order valence-electron chi connectivity index (χ2n) is 2.72. The van der Waals surface area contributed by atoms with Crippen molar-refractivity contribution in [2.24, 2.45) is 5.73 Å². The van der Waals surface area contributed by atoms with Gasteiger partial charge in [0.1, 0.15) is 18.2 Å². The maximum absolute atomic E-state index is 12.9. The van der Waals surface area contributed by atoms with Gasteiger partial charge in [0.25, 0.3) is 0 Å². The third-order valence-electron chi connectivity index (χ3n) is 1.84. The van der Waals surface area contributed by atoms with Gasteiger partial charge in [-0.3, -0.25) is 0 Å². The Morgan fingerprint density at radius 2 is 2.33 bits per heavy atom. The summed E-state index contributed by atoms with van der Waals surface area (Å²) in [6, 6.07) is 2.58. The van der Waals surface area contributed by atoms with E-state index < -0.39 is 0 Å². The molecule has 0 fully saturated rings. The largest absolute Gasteiger partial charge is 0.490 e. The highest BCUT2D eigenvalue weighted by Gasteiger charge is 2.23. The van der Waals surface area contributed by atoms with E-state index in [1.807, 2.05) is 0 Å². The molecule has 2 rings (SSSR count). The minimum absolute atomic E-state index is 0.202. The molecule has 2 nitrogen and oxygen atoms in total. The summed E-state index contributed by atoms with van der Waals surface area (Å²) in [7, 11) is 0. The van der Waals surface area contributed by atoms with Crippen molar-refractivity contribution in [2.75, 3.05) is 6.61 Å². The zero-order valence-corrected chi connectivity index (χ0v) is 7.77. The Balaban J connectivity index is 2.60. The van der Waals surface area contributed by atoms with Gasteiger partial charge in [-0.05, 0) is 28.1 Å². The molecule has 1 atom stereocenters. The summed E-state index contributed by atoms with van der Waals surface area (Å²) < 4.78 is 18.7. The topological polar surface area (TPSA) is 35.2 Å². The molecule has 2 N–H and O–H groups in total. The van der Waals surface area contributed by atoms with Crippen LogP contribution in [0.25, 0.3) is 0 Å². The summed E-state index contributed by atoms with van der Waals surface area (Å²) in [5, 5.41) is 0. The van der Waals surface area contributed by atoms with Gasteiger partial charge in [-0.1, -0.05) is 0 Å². The maximum atomic E-state index is 12.9. The van der Waals surface area contributed by atoms with E-state index in [9.17, 15) is 4.39 Å². The predicted octanol–water partition coefficient (Wildman–Crippen LogP) is 1.98. The zero-order chi connectivity index (χ0) is 8.72. The number of fused-ring (bicyclic) bond motifs is 1. The van der Waals surface area contributed by atoms with E-state index in [0.29, 0.717) is 16.8 Å². The summed E-state index contributed by atoms with van der Waals surface area (Å²) in [6.07, 6.45) is 0. The van der Waals surface area contributed by atoms with Crippen LogP contribution in [-0.2, 0) is 0 Å². The van der Waals surface area contributed by atoms with Gasteiger partial charge >= 0.3 is 0 Å². The van der Waals surface area contributed by atoms with Crippen LogP contribution in [0.2, 0.25) is 0 Å². The van der Waals surface area contributed by atoms with Crippen molar-refractivity contribution in [3.63, 3.8) is 0 Å². The van der Waals surface area contributed by atoms with Crippen molar-refractivity contribution in [1.29, 1.82) is 0 Å². The van der Waals surface area contributed by atoms with Crippen molar-refractivity contribution < 1.29 is 9.13 Å². The molecule has 1 unspecified atom stereocenters. The Labute approximate surface area is 77.6 Å². The monoisotopic (exact) mass is 231 g/mol. The number of benzene rings is 1. The number of rotatable bonds is 0. The molecule has 1 aliphatic heterocycles. The highest BCUT2D eigenvalue weighted by atomic mass is 79.9. The fourth-order valence-corrected chi connectivity index (χ4v) is 1.83. The molecular weight excluding hydrogens is 225 g/mol. The molecule has 0 saturated carbocycles. The normalized spacial score (nSPS) is 20.4. The van der Waals surface area contributed by atoms with Gasteiger partial charge in [0.15, 0.2) is 0 Å². The Morgan fingerprint density at radius 3 is 3.08 bits per heavy atom. The second-order valence-corrected chi connectivity index (χ2v) is 3.58. The summed E-state index contributed by atoms with van der Waals surface area (Å²) in [6.45, 7) is 0.428. The lowest BCUT2D eigenvalue weighted by Gasteiger charge is -2.02. The van der Waals surface area contributed by atoms with Crippen molar-refractivity contribution in [2.45, 2.75) is 6.04 Å². The maximum Gasteiger partial charge on any atom is 0.138 e. The average Bonchev–Trinajstić information content (AvgIpc) is 2.33. The Bertz CT molecular complexity index is 329. The first kappa shape index (κ1) is 8.01. The summed E-state index contributed by atoms with van der Waals surface area (Å²) in [5.41, 5.74) is 6.41. The van der Waals surface area contributed by atoms with E-state index in [2.05, 4.69) is 15.9 Å². The molecule has 12 heavy (non-hydrogen) atoms. The summed E-state index contributed by atoms with van der Waals surface area (Å²) in [4.78, 5) is 0. The first-order chi connectivity index (χ1) is 5.68. The van der Waals surface area contributed by atoms with Crippen LogP contribution in [0, 0.1) is 5.82 Å². The fourth-order valence-electron chi connectivity index (χ4n) is 1.27. The van der Waals surface area contributed by atoms with Gasteiger partial charge in [0.05, 0.1) is 10.5 Å². The Hall–Kier alpha value is -0.610. The van der Waals surface area contributed by atoms with E-state index >= 15 is 0 Å². The van der Waals surface area contributed by atoms with Crippen LogP contribution in [0.15, 0.2) is 16.6 Å². The third kappa shape index (κ3) is 1.11. The van der Waals surface area contributed by atoms with Crippen LogP contribution >= 0.6 is 15.9 Å². The third-order valence-corrected chi connectivity index (χ3v) is 2.43. The predicted molar refractivity (Wildman–Crippen MR) is 46.5 cm³/mol. The molecule has 0 aliphatic carbocycles. The Morgan fingerprint density at radius 1 is 1.58 bits per heavy atom. The minimum atomic E-state index is -0.290. The van der Waals surface area contributed by atoms with Gasteiger partial charge in [-0.25, -0.2) is 4.39 Å². The number of halogens is 2. The average molecular weight is 232 g/mol. The summed E-state index contributed by atoms with van der Waals surface area (Å²) in [5.74, 6) is 0.380. The van der Waals surface area contributed by atoms with Crippen LogP contribution in [0.4, 0.5) is 4.39 Å². The van der Waals surface area contributed by atoms with Crippen LogP contribution < -0.4 is 10.5 Å². The first-order valence-electron chi connectivity index (χ1n) is 3.56. The van der Waals surface area contributed by atoms with Crippen molar-refractivity contribution in [1.82, 2.24) is 0 Å². The van der Waals surface area contributed by atoms with Gasteiger partial charge in [-0.15, -0.1) is 0 Å². The fraction of sp³-hybridized carbons (Fsp3) is 0.250. The number of ether oxygens (including phenoxy) is 1. The number of hydrogen-bond donors (Lipinski definition) is 1. The van der Waals surface area contributed by atoms with Crippen LogP contribution in [0.3, 0.4) is 0 Å². The molecular formula is C8H7BrFNO. The zero-order valence-electron chi connectivity index (χ0n) is 6.18. The molecule has 1 aliphatic rings. The molecule has 0 radical (unpaired) electrons. The number of hydrogen-bond acceptors (Lipinski definition) is 2. The molecule has 64 valence electrons. The number of nitrogens with two attached hydrogens (primary N) is 1. The molecule has 1 heterocycles. The smallest absolute Gasteiger partial charge is 0.138 e. The highest BCUT2D eigenvalue weighted by molar-refractivity contribution is 9.10. The van der Waals surface area contributed by atoms with Crippen LogP contribution in [0.5, 0.6) is 5.75 Å². The lowest BCUT2D eigenvalue weighted by Crippen LogP contribution is -2.10. The van der Waals surface area contributed by atoms with Crippen molar-refractivity contribution in [3.8, 4) is 5.75 Å². The van der Waals surface area contributed by atoms with E-state index in [4.69, 9.17) is 10.5 Å². The molecule has 1 aromatic carbocycles. The molecule has 0 amide bonds. The molecule has 4 heteroatoms. The highest BCUT2D eigenvalue weighted by Crippen LogP contribution is 2.37. The molecule has 0 aromatic heterocycles. The summed E-state index contributed by atoms with van der Waals surface area (Å²) >= 11 is 3.21. The molecule has 1 aromatic rings.